The number of aliphatic carboxylic acids is 1. The number of pyridine rings is 1. The summed E-state index contributed by atoms with van der Waals surface area (Å²) < 4.78 is 5.48. The van der Waals surface area contributed by atoms with E-state index in [0.717, 1.165) is 40.9 Å². The average molecular weight is 559 g/mol. The number of carboxylic acid groups (broad SMARTS) is 1. The van der Waals surface area contributed by atoms with Crippen LogP contribution >= 0.6 is 0 Å². The number of nitrogens with one attached hydrogen (secondary N) is 3. The Kier molecular flexibility index (Phi) is 12.6. The van der Waals surface area contributed by atoms with Crippen LogP contribution in [0.1, 0.15) is 71.9 Å². The summed E-state index contributed by atoms with van der Waals surface area (Å²) in [5, 5.41) is 19.2. The summed E-state index contributed by atoms with van der Waals surface area (Å²) in [6, 6.07) is 6.11. The molecule has 1 heterocycles. The van der Waals surface area contributed by atoms with Crippen LogP contribution in [-0.2, 0) is 19.8 Å². The highest BCUT2D eigenvalue weighted by Crippen LogP contribution is 2.31. The molecule has 11 heteroatoms. The second-order valence-electron chi connectivity index (χ2n) is 11.2. The molecular weight excluding hydrogens is 512 g/mol. The topological polar surface area (TPSA) is 182 Å². The molecule has 2 aromatic rings. The smallest absolute Gasteiger partial charge is 0.326 e. The minimum Gasteiger partial charge on any atom is -0.497 e. The Bertz CT molecular complexity index is 1150. The first-order valence-electron chi connectivity index (χ1n) is 13.9. The van der Waals surface area contributed by atoms with E-state index in [1.165, 1.54) is 0 Å². The number of fused-ring (bicyclic) bond motifs is 1. The van der Waals surface area contributed by atoms with Gasteiger partial charge < -0.3 is 37.3 Å². The number of nitrogens with zero attached hydrogens (tertiary/aromatic N) is 1. The van der Waals surface area contributed by atoms with Gasteiger partial charge in [0, 0.05) is 41.6 Å². The first kappa shape index (κ1) is 32.8. The number of ether oxygens (including phenoxy) is 1. The van der Waals surface area contributed by atoms with Crippen molar-refractivity contribution in [2.75, 3.05) is 25.5 Å². The lowest BCUT2D eigenvalue weighted by Crippen LogP contribution is -2.48. The molecule has 1 aromatic carbocycles. The second kappa shape index (κ2) is 15.4. The van der Waals surface area contributed by atoms with Crippen LogP contribution in [0, 0.1) is 0 Å². The normalized spacial score (nSPS) is 13.8. The predicted octanol–water partition coefficient (Wildman–Crippen LogP) is 2.65. The van der Waals surface area contributed by atoms with Gasteiger partial charge >= 0.3 is 5.97 Å². The van der Waals surface area contributed by atoms with E-state index in [-0.39, 0.29) is 30.2 Å². The molecule has 8 N–H and O–H groups in total. The fraction of sp³-hybridized carbons (Fsp3) is 0.586. The van der Waals surface area contributed by atoms with Crippen molar-refractivity contribution in [3.05, 3.63) is 30.0 Å². The van der Waals surface area contributed by atoms with E-state index in [9.17, 15) is 19.5 Å². The largest absolute Gasteiger partial charge is 0.497 e. The van der Waals surface area contributed by atoms with Crippen LogP contribution in [0.15, 0.2) is 24.3 Å². The highest BCUT2D eigenvalue weighted by Gasteiger charge is 2.24. The van der Waals surface area contributed by atoms with Crippen molar-refractivity contribution in [2.45, 2.75) is 89.8 Å². The van der Waals surface area contributed by atoms with E-state index in [1.54, 1.807) is 7.11 Å². The van der Waals surface area contributed by atoms with Crippen molar-refractivity contribution in [3.63, 3.8) is 0 Å². The summed E-state index contributed by atoms with van der Waals surface area (Å²) >= 11 is 0. The van der Waals surface area contributed by atoms with E-state index >= 15 is 0 Å². The Hall–Kier alpha value is -3.44. The Labute approximate surface area is 236 Å². The van der Waals surface area contributed by atoms with E-state index in [2.05, 4.69) is 49.7 Å². The minimum atomic E-state index is -1.21. The SMILES string of the molecule is COc1cc(NC(C)CCCNC(=O)CCC(NC(=O)[C@H](N)CCCN)C(=O)O)c2nc(C(C)(C)C)ccc2c1. The maximum Gasteiger partial charge on any atom is 0.326 e. The fourth-order valence-electron chi connectivity index (χ4n) is 4.20. The maximum absolute atomic E-state index is 12.3. The molecule has 2 unspecified atom stereocenters. The summed E-state index contributed by atoms with van der Waals surface area (Å²) in [6.45, 7) is 9.31. The third kappa shape index (κ3) is 10.3. The Balaban J connectivity index is 1.85. The van der Waals surface area contributed by atoms with E-state index in [0.29, 0.717) is 25.9 Å². The number of carbonyl (C=O) groups excluding carboxylic acids is 2. The highest BCUT2D eigenvalue weighted by atomic mass is 16.5. The number of aromatic nitrogens is 1. The van der Waals surface area contributed by atoms with Gasteiger partial charge in [0.25, 0.3) is 0 Å². The number of amides is 2. The molecule has 3 atom stereocenters. The Morgan fingerprint density at radius 3 is 2.45 bits per heavy atom. The standard InChI is InChI=1S/C29H46N6O5/c1-18(33-23-17-20(40-5)16-19-10-12-24(29(2,3)4)35-26(19)23)8-7-15-32-25(36)13-11-22(28(38)39)34-27(37)21(31)9-6-14-30/h10,12,16-18,21-22,33H,6-9,11,13-15,30-31H2,1-5H3,(H,32,36)(H,34,37)(H,38,39)/t18?,21-,22?/m1/s1. The number of nitrogens with two attached hydrogens (primary N) is 2. The number of anilines is 1. The molecule has 40 heavy (non-hydrogen) atoms. The third-order valence-corrected chi connectivity index (χ3v) is 6.64. The molecule has 222 valence electrons. The minimum absolute atomic E-state index is 0.0268. The highest BCUT2D eigenvalue weighted by molar-refractivity contribution is 5.92. The number of carbonyl (C=O) groups is 3. The van der Waals surface area contributed by atoms with Crippen molar-refractivity contribution in [1.29, 1.82) is 0 Å². The van der Waals surface area contributed by atoms with Crippen LogP contribution in [0.25, 0.3) is 10.9 Å². The molecule has 0 aliphatic heterocycles. The zero-order chi connectivity index (χ0) is 29.9. The Morgan fingerprint density at radius 1 is 1.10 bits per heavy atom. The van der Waals surface area contributed by atoms with Gasteiger partial charge in [0.15, 0.2) is 0 Å². The average Bonchev–Trinajstić information content (AvgIpc) is 2.90. The number of hydrogen-bond donors (Lipinski definition) is 6. The van der Waals surface area contributed by atoms with Gasteiger partial charge in [-0.1, -0.05) is 26.8 Å². The van der Waals surface area contributed by atoms with Crippen LogP contribution in [0.4, 0.5) is 5.69 Å². The first-order valence-corrected chi connectivity index (χ1v) is 13.9. The van der Waals surface area contributed by atoms with Crippen LogP contribution in [-0.4, -0.2) is 66.2 Å². The van der Waals surface area contributed by atoms with Gasteiger partial charge in [-0.05, 0) is 57.7 Å². The van der Waals surface area contributed by atoms with Gasteiger partial charge in [-0.15, -0.1) is 0 Å². The molecule has 0 aliphatic carbocycles. The fourth-order valence-corrected chi connectivity index (χ4v) is 4.20. The van der Waals surface area contributed by atoms with Gasteiger partial charge in [-0.25, -0.2) is 4.79 Å². The van der Waals surface area contributed by atoms with Gasteiger partial charge in [0.05, 0.1) is 24.4 Å². The molecule has 0 aliphatic rings. The van der Waals surface area contributed by atoms with Crippen molar-refractivity contribution < 1.29 is 24.2 Å². The van der Waals surface area contributed by atoms with Crippen molar-refractivity contribution in [3.8, 4) is 5.75 Å². The summed E-state index contributed by atoms with van der Waals surface area (Å²) in [4.78, 5) is 40.9. The molecule has 11 nitrogen and oxygen atoms in total. The third-order valence-electron chi connectivity index (χ3n) is 6.64. The maximum atomic E-state index is 12.3. The molecule has 0 saturated carbocycles. The van der Waals surface area contributed by atoms with E-state index < -0.39 is 24.0 Å². The second-order valence-corrected chi connectivity index (χ2v) is 11.2. The molecule has 2 rings (SSSR count). The molecule has 0 bridgehead atoms. The lowest BCUT2D eigenvalue weighted by Gasteiger charge is -2.21. The predicted molar refractivity (Wildman–Crippen MR) is 157 cm³/mol. The van der Waals surface area contributed by atoms with Crippen LogP contribution in [0.5, 0.6) is 5.75 Å². The number of carboxylic acids is 1. The van der Waals surface area contributed by atoms with E-state index in [4.69, 9.17) is 21.2 Å². The molecule has 0 fully saturated rings. The van der Waals surface area contributed by atoms with Gasteiger partial charge in [0.1, 0.15) is 11.8 Å². The zero-order valence-electron chi connectivity index (χ0n) is 24.4. The van der Waals surface area contributed by atoms with Crippen LogP contribution < -0.4 is 32.2 Å². The summed E-state index contributed by atoms with van der Waals surface area (Å²) in [5.41, 5.74) is 13.9. The molecule has 0 radical (unpaired) electrons. The van der Waals surface area contributed by atoms with Crippen molar-refractivity contribution in [1.82, 2.24) is 15.6 Å². The van der Waals surface area contributed by atoms with Crippen LogP contribution in [0.3, 0.4) is 0 Å². The molecule has 1 aromatic heterocycles. The molecule has 2 amide bonds. The molecular formula is C29H46N6O5. The van der Waals surface area contributed by atoms with Gasteiger partial charge in [0.2, 0.25) is 11.8 Å². The number of benzene rings is 1. The zero-order valence-corrected chi connectivity index (χ0v) is 24.4. The molecule has 0 saturated heterocycles. The van der Waals surface area contributed by atoms with Gasteiger partial charge in [-0.3, -0.25) is 14.6 Å². The first-order chi connectivity index (χ1) is 18.8. The number of methoxy groups -OCH3 is 1. The van der Waals surface area contributed by atoms with E-state index in [1.807, 2.05) is 18.2 Å². The van der Waals surface area contributed by atoms with Gasteiger partial charge in [-0.2, -0.15) is 0 Å². The Morgan fingerprint density at radius 2 is 1.82 bits per heavy atom. The number of hydrogen-bond acceptors (Lipinski definition) is 8. The lowest BCUT2D eigenvalue weighted by molar-refractivity contribution is -0.142. The summed E-state index contributed by atoms with van der Waals surface area (Å²) in [7, 11) is 1.64. The van der Waals surface area contributed by atoms with Crippen LogP contribution in [0.2, 0.25) is 0 Å². The van der Waals surface area contributed by atoms with Crippen molar-refractivity contribution in [2.24, 2.45) is 11.5 Å². The monoisotopic (exact) mass is 558 g/mol. The summed E-state index contributed by atoms with van der Waals surface area (Å²) in [5.74, 6) is -1.29. The van der Waals surface area contributed by atoms with Crippen molar-refractivity contribution >= 4 is 34.4 Å². The summed E-state index contributed by atoms with van der Waals surface area (Å²) in [6.07, 6.45) is 2.38. The number of rotatable bonds is 16. The molecule has 0 spiro atoms. The lowest BCUT2D eigenvalue weighted by atomic mass is 9.91. The quantitative estimate of drug-likeness (QED) is 0.169.